The molecule has 3 aromatic heterocycles. The van der Waals surface area contributed by atoms with Gasteiger partial charge in [-0.05, 0) is 36.4 Å². The maximum Gasteiger partial charge on any atom is 0.174 e. The molecule has 49 heavy (non-hydrogen) atoms. The monoisotopic (exact) mass is 641 g/mol. The Morgan fingerprint density at radius 1 is 0.327 bits per heavy atom. The van der Waals surface area contributed by atoms with E-state index >= 15 is 13.2 Å². The van der Waals surface area contributed by atoms with Crippen molar-refractivity contribution in [2.45, 2.75) is 6.67 Å². The van der Waals surface area contributed by atoms with Crippen LogP contribution in [0.5, 0.6) is 0 Å². The number of nitrogens with zero attached hydrogens (tertiary/aromatic N) is 3. The third kappa shape index (κ3) is 3.68. The fraction of sp³-hybridized carbons (Fsp3) is 0.0233. The summed E-state index contributed by atoms with van der Waals surface area (Å²) in [5, 5.41) is 5.30. The smallest absolute Gasteiger partial charge is 0.174 e. The number of hydrogen-bond acceptors (Lipinski definition) is 0. The molecule has 0 N–H and O–H groups in total. The van der Waals surface area contributed by atoms with Crippen molar-refractivity contribution in [3.63, 3.8) is 0 Å². The number of benzene rings is 7. The fourth-order valence-electron chi connectivity index (χ4n) is 7.98. The summed E-state index contributed by atoms with van der Waals surface area (Å²) in [7, 11) is 0. The zero-order valence-corrected chi connectivity index (χ0v) is 26.0. The van der Waals surface area contributed by atoms with Crippen LogP contribution in [0.1, 0.15) is 5.56 Å². The molecule has 0 bridgehead atoms. The van der Waals surface area contributed by atoms with Crippen molar-refractivity contribution in [1.29, 1.82) is 0 Å². The summed E-state index contributed by atoms with van der Waals surface area (Å²) < 4.78 is 57.2. The second-order valence-corrected chi connectivity index (χ2v) is 12.4. The molecule has 0 fully saturated rings. The third-order valence-electron chi connectivity index (χ3n) is 9.95. The molecule has 3 nitrogen and oxygen atoms in total. The number of para-hydroxylation sites is 6. The van der Waals surface area contributed by atoms with E-state index in [9.17, 15) is 0 Å². The molecule has 6 heteroatoms. The minimum Gasteiger partial charge on any atom is -0.306 e. The summed E-state index contributed by atoms with van der Waals surface area (Å²) in [5.74, 6) is -1.68. The molecule has 10 aromatic rings. The van der Waals surface area contributed by atoms with Gasteiger partial charge in [-0.25, -0.2) is 13.2 Å². The molecule has 10 rings (SSSR count). The molecular weight excluding hydrogens is 615 g/mol. The molecule has 3 heterocycles. The van der Waals surface area contributed by atoms with Crippen LogP contribution < -0.4 is 0 Å². The van der Waals surface area contributed by atoms with E-state index in [1.54, 1.807) is 13.7 Å². The van der Waals surface area contributed by atoms with Crippen LogP contribution in [0, 0.1) is 11.6 Å². The summed E-state index contributed by atoms with van der Waals surface area (Å²) >= 11 is 0. The zero-order chi connectivity index (χ0) is 32.8. The first-order valence-electron chi connectivity index (χ1n) is 16.2. The van der Waals surface area contributed by atoms with E-state index in [0.717, 1.165) is 32.3 Å². The highest BCUT2D eigenvalue weighted by atomic mass is 19.1. The van der Waals surface area contributed by atoms with E-state index in [2.05, 4.69) is 0 Å². The molecule has 0 aliphatic carbocycles. The molecule has 0 radical (unpaired) electrons. The first-order chi connectivity index (χ1) is 24.2. The summed E-state index contributed by atoms with van der Waals surface area (Å²) in [4.78, 5) is 0. The highest BCUT2D eigenvalue weighted by Gasteiger charge is 2.32. The molecule has 7 aromatic carbocycles. The quantitative estimate of drug-likeness (QED) is 0.182. The Balaban J connectivity index is 1.48. The lowest BCUT2D eigenvalue weighted by Crippen LogP contribution is -2.15. The lowest BCUT2D eigenvalue weighted by molar-refractivity contribution is 0.473. The predicted octanol–water partition coefficient (Wildman–Crippen LogP) is 11.7. The first-order valence-corrected chi connectivity index (χ1v) is 16.2. The Labute approximate surface area is 278 Å². The van der Waals surface area contributed by atoms with Crippen molar-refractivity contribution in [2.24, 2.45) is 0 Å². The number of rotatable bonds is 4. The van der Waals surface area contributed by atoms with Gasteiger partial charge in [-0.2, -0.15) is 0 Å². The number of hydrogen-bond donors (Lipinski definition) is 0. The largest absolute Gasteiger partial charge is 0.306 e. The number of halogens is 3. The molecule has 0 spiro atoms. The van der Waals surface area contributed by atoms with Gasteiger partial charge < -0.3 is 13.7 Å². The number of fused-ring (bicyclic) bond motifs is 9. The second kappa shape index (κ2) is 10.4. The molecular formula is C43H26F3N3. The summed E-state index contributed by atoms with van der Waals surface area (Å²) in [6.07, 6.45) is 0. The molecule has 0 amide bonds. The fourth-order valence-corrected chi connectivity index (χ4v) is 7.98. The minimum atomic E-state index is -1.10. The van der Waals surface area contributed by atoms with Crippen molar-refractivity contribution < 1.29 is 13.2 Å². The van der Waals surface area contributed by atoms with Gasteiger partial charge in [-0.3, -0.25) is 0 Å². The Morgan fingerprint density at radius 3 is 0.796 bits per heavy atom. The Bertz CT molecular complexity index is 2660. The van der Waals surface area contributed by atoms with Crippen molar-refractivity contribution in [3.05, 3.63) is 163 Å². The van der Waals surface area contributed by atoms with Crippen LogP contribution >= 0.6 is 0 Å². The van der Waals surface area contributed by atoms with Crippen LogP contribution in [0.2, 0.25) is 0 Å². The average Bonchev–Trinajstić information content (AvgIpc) is 3.78. The summed E-state index contributed by atoms with van der Waals surface area (Å²) in [6.45, 7) is -1.10. The van der Waals surface area contributed by atoms with Crippen LogP contribution in [0.3, 0.4) is 0 Å². The SMILES string of the molecule is FCc1c(-n2c3ccccc3c3ccccc32)c(F)c(-n2c3ccccc3c3ccccc32)c(F)c1-n1c2ccccc2c2ccccc21. The maximum absolute atomic E-state index is 18.0. The highest BCUT2D eigenvalue weighted by molar-refractivity contribution is 6.12. The number of aromatic nitrogens is 3. The normalized spacial score (nSPS) is 12.1. The summed E-state index contributed by atoms with van der Waals surface area (Å²) in [5.41, 5.74) is 3.73. The summed E-state index contributed by atoms with van der Waals surface area (Å²) in [6, 6.07) is 46.0. The Kier molecular flexibility index (Phi) is 5.88. The van der Waals surface area contributed by atoms with Gasteiger partial charge in [0.25, 0.3) is 0 Å². The van der Waals surface area contributed by atoms with E-state index < -0.39 is 18.3 Å². The second-order valence-electron chi connectivity index (χ2n) is 12.4. The van der Waals surface area contributed by atoms with Gasteiger partial charge in [0.2, 0.25) is 0 Å². The Hall–Kier alpha value is -6.27. The van der Waals surface area contributed by atoms with Gasteiger partial charge in [-0.15, -0.1) is 0 Å². The van der Waals surface area contributed by atoms with Crippen LogP contribution in [0.15, 0.2) is 146 Å². The van der Waals surface area contributed by atoms with E-state index in [-0.39, 0.29) is 22.6 Å². The molecule has 0 unspecified atom stereocenters. The molecule has 0 saturated heterocycles. The molecule has 0 aliphatic rings. The van der Waals surface area contributed by atoms with Gasteiger partial charge in [0.1, 0.15) is 12.4 Å². The van der Waals surface area contributed by atoms with Gasteiger partial charge in [0.05, 0.1) is 44.5 Å². The van der Waals surface area contributed by atoms with E-state index in [4.69, 9.17) is 0 Å². The molecule has 0 aliphatic heterocycles. The number of alkyl halides is 1. The van der Waals surface area contributed by atoms with E-state index in [1.807, 2.05) is 146 Å². The topological polar surface area (TPSA) is 14.8 Å². The van der Waals surface area contributed by atoms with Gasteiger partial charge in [-0.1, -0.05) is 109 Å². The molecule has 0 atom stereocenters. The van der Waals surface area contributed by atoms with Gasteiger partial charge in [0.15, 0.2) is 11.6 Å². The lowest BCUT2D eigenvalue weighted by Gasteiger charge is -2.23. The van der Waals surface area contributed by atoms with E-state index in [1.165, 1.54) is 0 Å². The average molecular weight is 642 g/mol. The predicted molar refractivity (Wildman–Crippen MR) is 194 cm³/mol. The van der Waals surface area contributed by atoms with Crippen molar-refractivity contribution in [3.8, 4) is 17.1 Å². The van der Waals surface area contributed by atoms with Gasteiger partial charge >= 0.3 is 0 Å². The van der Waals surface area contributed by atoms with Crippen LogP contribution in [0.25, 0.3) is 82.5 Å². The van der Waals surface area contributed by atoms with E-state index in [0.29, 0.717) is 33.1 Å². The standard InChI is InChI=1S/C43H26F3N3/c44-25-32-41(47-33-19-7-1-13-26(33)27-14-2-8-20-34(27)47)39(45)43(49-37-23-11-5-17-30(37)31-18-6-12-24-38(31)49)40(46)42(32)48-35-21-9-3-15-28(35)29-16-4-10-22-36(29)48/h1-24H,25H2. The lowest BCUT2D eigenvalue weighted by atomic mass is 10.1. The molecule has 0 saturated carbocycles. The van der Waals surface area contributed by atoms with Crippen LogP contribution in [-0.2, 0) is 6.67 Å². The van der Waals surface area contributed by atoms with Crippen molar-refractivity contribution in [1.82, 2.24) is 13.7 Å². The Morgan fingerprint density at radius 2 is 0.551 bits per heavy atom. The van der Waals surface area contributed by atoms with Crippen molar-refractivity contribution in [2.75, 3.05) is 0 Å². The zero-order valence-electron chi connectivity index (χ0n) is 26.0. The van der Waals surface area contributed by atoms with Crippen LogP contribution in [-0.4, -0.2) is 13.7 Å². The van der Waals surface area contributed by atoms with Gasteiger partial charge in [0, 0.05) is 37.9 Å². The molecule has 234 valence electrons. The first kappa shape index (κ1) is 27.8. The third-order valence-corrected chi connectivity index (χ3v) is 9.95. The minimum absolute atomic E-state index is 0.0185. The van der Waals surface area contributed by atoms with Crippen molar-refractivity contribution >= 4 is 65.4 Å². The maximum atomic E-state index is 18.0. The highest BCUT2D eigenvalue weighted by Crippen LogP contribution is 2.44. The van der Waals surface area contributed by atoms with Crippen LogP contribution in [0.4, 0.5) is 13.2 Å².